The number of carbonyl (C=O) groups excluding carboxylic acids is 1. The molecule has 2 aromatic heterocycles. The molecule has 1 fully saturated rings. The van der Waals surface area contributed by atoms with Crippen LogP contribution in [0.2, 0.25) is 0 Å². The molecule has 1 aliphatic rings. The molecule has 30 heavy (non-hydrogen) atoms. The normalized spacial score (nSPS) is 14.1. The number of ether oxygens (including phenoxy) is 1. The van der Waals surface area contributed by atoms with Gasteiger partial charge in [-0.1, -0.05) is 6.07 Å². The topological polar surface area (TPSA) is 76.4 Å². The van der Waals surface area contributed by atoms with E-state index >= 15 is 0 Å². The van der Waals surface area contributed by atoms with Crippen LogP contribution in [-0.4, -0.2) is 63.3 Å². The summed E-state index contributed by atoms with van der Waals surface area (Å²) in [6, 6.07) is 9.88. The van der Waals surface area contributed by atoms with Gasteiger partial charge in [-0.15, -0.1) is 10.2 Å². The van der Waals surface area contributed by atoms with Gasteiger partial charge in [0.25, 0.3) is 5.91 Å². The van der Waals surface area contributed by atoms with Crippen molar-refractivity contribution in [2.45, 2.75) is 20.8 Å². The standard InChI is InChI=1S/C22H26N6O2/c1-16-12-17(2)14-19(13-16)30-15-22(29)27-10-8-26(9-11-27)20-4-5-21(25-24-20)28-7-6-23-18(28)3/h4-7,12-14H,8-11,15H2,1-3H3. The van der Waals surface area contributed by atoms with Crippen LogP contribution in [0.1, 0.15) is 17.0 Å². The second-order valence-corrected chi connectivity index (χ2v) is 7.57. The van der Waals surface area contributed by atoms with Gasteiger partial charge in [0.1, 0.15) is 11.6 Å². The summed E-state index contributed by atoms with van der Waals surface area (Å²) in [5, 5.41) is 8.68. The fourth-order valence-corrected chi connectivity index (χ4v) is 3.67. The third-order valence-corrected chi connectivity index (χ3v) is 5.22. The minimum atomic E-state index is 0.00539. The summed E-state index contributed by atoms with van der Waals surface area (Å²) < 4.78 is 7.61. The van der Waals surface area contributed by atoms with Crippen LogP contribution in [0.4, 0.5) is 5.82 Å². The molecule has 8 nitrogen and oxygen atoms in total. The van der Waals surface area contributed by atoms with E-state index in [0.717, 1.165) is 34.3 Å². The smallest absolute Gasteiger partial charge is 0.260 e. The lowest BCUT2D eigenvalue weighted by molar-refractivity contribution is -0.133. The molecule has 8 heteroatoms. The summed E-state index contributed by atoms with van der Waals surface area (Å²) in [6.07, 6.45) is 3.61. The Morgan fingerprint density at radius 3 is 2.23 bits per heavy atom. The second kappa shape index (κ2) is 8.52. The molecule has 0 radical (unpaired) electrons. The van der Waals surface area contributed by atoms with Crippen molar-refractivity contribution in [3.8, 4) is 11.6 Å². The number of piperazine rings is 1. The monoisotopic (exact) mass is 406 g/mol. The van der Waals surface area contributed by atoms with E-state index in [-0.39, 0.29) is 12.5 Å². The Labute approximate surface area is 176 Å². The van der Waals surface area contributed by atoms with Crippen LogP contribution >= 0.6 is 0 Å². The fraction of sp³-hybridized carbons (Fsp3) is 0.364. The molecule has 0 spiro atoms. The van der Waals surface area contributed by atoms with Gasteiger partial charge in [-0.3, -0.25) is 9.36 Å². The average molecular weight is 406 g/mol. The summed E-state index contributed by atoms with van der Waals surface area (Å²) in [5.74, 6) is 3.17. The maximum atomic E-state index is 12.5. The van der Waals surface area contributed by atoms with Crippen molar-refractivity contribution in [3.05, 3.63) is 59.7 Å². The Kier molecular flexibility index (Phi) is 5.65. The van der Waals surface area contributed by atoms with Crippen LogP contribution < -0.4 is 9.64 Å². The highest BCUT2D eigenvalue weighted by Gasteiger charge is 2.22. The van der Waals surface area contributed by atoms with E-state index in [1.54, 1.807) is 6.20 Å². The van der Waals surface area contributed by atoms with E-state index in [9.17, 15) is 4.79 Å². The van der Waals surface area contributed by atoms with Gasteiger partial charge in [-0.05, 0) is 56.2 Å². The van der Waals surface area contributed by atoms with Crippen molar-refractivity contribution in [3.63, 3.8) is 0 Å². The quantitative estimate of drug-likeness (QED) is 0.647. The number of amides is 1. The van der Waals surface area contributed by atoms with Crippen LogP contribution in [0.25, 0.3) is 5.82 Å². The van der Waals surface area contributed by atoms with Crippen LogP contribution in [0.15, 0.2) is 42.7 Å². The molecule has 0 N–H and O–H groups in total. The van der Waals surface area contributed by atoms with E-state index in [4.69, 9.17) is 4.74 Å². The Balaban J connectivity index is 1.30. The van der Waals surface area contributed by atoms with Crippen molar-refractivity contribution < 1.29 is 9.53 Å². The van der Waals surface area contributed by atoms with E-state index in [2.05, 4.69) is 26.1 Å². The first-order valence-electron chi connectivity index (χ1n) is 10.1. The lowest BCUT2D eigenvalue weighted by Crippen LogP contribution is -2.50. The van der Waals surface area contributed by atoms with Gasteiger partial charge < -0.3 is 14.5 Å². The predicted molar refractivity (Wildman–Crippen MR) is 114 cm³/mol. The zero-order valence-electron chi connectivity index (χ0n) is 17.6. The van der Waals surface area contributed by atoms with Gasteiger partial charge in [0.15, 0.2) is 18.2 Å². The maximum Gasteiger partial charge on any atom is 0.260 e. The molecule has 3 heterocycles. The first-order valence-corrected chi connectivity index (χ1v) is 10.1. The van der Waals surface area contributed by atoms with Gasteiger partial charge in [0.05, 0.1) is 0 Å². The number of rotatable bonds is 5. The summed E-state index contributed by atoms with van der Waals surface area (Å²) in [7, 11) is 0. The molecule has 4 rings (SSSR count). The summed E-state index contributed by atoms with van der Waals surface area (Å²) in [5.41, 5.74) is 2.25. The molecule has 3 aromatic rings. The van der Waals surface area contributed by atoms with Crippen LogP contribution in [0.3, 0.4) is 0 Å². The van der Waals surface area contributed by atoms with Gasteiger partial charge in [0, 0.05) is 38.6 Å². The van der Waals surface area contributed by atoms with Crippen molar-refractivity contribution >= 4 is 11.7 Å². The number of hydrogen-bond acceptors (Lipinski definition) is 6. The Morgan fingerprint density at radius 2 is 1.63 bits per heavy atom. The third-order valence-electron chi connectivity index (χ3n) is 5.22. The van der Waals surface area contributed by atoms with Crippen LogP contribution in [0, 0.1) is 20.8 Å². The van der Waals surface area contributed by atoms with Gasteiger partial charge in [-0.2, -0.15) is 0 Å². The molecule has 1 aliphatic heterocycles. The maximum absolute atomic E-state index is 12.5. The molecule has 0 saturated carbocycles. The SMILES string of the molecule is Cc1cc(C)cc(OCC(=O)N2CCN(c3ccc(-n4ccnc4C)nn3)CC2)c1. The highest BCUT2D eigenvalue weighted by molar-refractivity contribution is 5.78. The van der Waals surface area contributed by atoms with Gasteiger partial charge >= 0.3 is 0 Å². The summed E-state index contributed by atoms with van der Waals surface area (Å²) in [6.45, 7) is 8.73. The van der Waals surface area contributed by atoms with E-state index in [1.165, 1.54) is 0 Å². The largest absolute Gasteiger partial charge is 0.484 e. The molecule has 0 unspecified atom stereocenters. The number of aryl methyl sites for hydroxylation is 3. The predicted octanol–water partition coefficient (Wildman–Crippen LogP) is 2.32. The molecule has 1 amide bonds. The number of aromatic nitrogens is 4. The number of benzene rings is 1. The van der Waals surface area contributed by atoms with Crippen LogP contribution in [0.5, 0.6) is 5.75 Å². The lowest BCUT2D eigenvalue weighted by Gasteiger charge is -2.35. The number of carbonyl (C=O) groups is 1. The minimum absolute atomic E-state index is 0.00539. The molecule has 0 atom stereocenters. The Hall–Kier alpha value is -3.42. The van der Waals surface area contributed by atoms with Gasteiger partial charge in [-0.25, -0.2) is 4.98 Å². The van der Waals surface area contributed by atoms with Gasteiger partial charge in [0.2, 0.25) is 0 Å². The number of anilines is 1. The third kappa shape index (κ3) is 4.42. The Bertz CT molecular complexity index is 1000. The van der Waals surface area contributed by atoms with E-state index < -0.39 is 0 Å². The number of imidazole rings is 1. The molecule has 156 valence electrons. The number of hydrogen-bond donors (Lipinski definition) is 0. The Morgan fingerprint density at radius 1 is 0.967 bits per heavy atom. The van der Waals surface area contributed by atoms with Crippen molar-refractivity contribution in [2.75, 3.05) is 37.7 Å². The zero-order chi connectivity index (χ0) is 21.1. The lowest BCUT2D eigenvalue weighted by atomic mass is 10.1. The molecule has 1 saturated heterocycles. The molecular formula is C22H26N6O2. The van der Waals surface area contributed by atoms with E-state index in [1.807, 2.05) is 60.7 Å². The highest BCUT2D eigenvalue weighted by atomic mass is 16.5. The molecule has 0 bridgehead atoms. The first kappa shape index (κ1) is 19.9. The molecular weight excluding hydrogens is 380 g/mol. The molecule has 1 aromatic carbocycles. The highest BCUT2D eigenvalue weighted by Crippen LogP contribution is 2.17. The first-order chi connectivity index (χ1) is 14.5. The zero-order valence-corrected chi connectivity index (χ0v) is 17.6. The second-order valence-electron chi connectivity index (χ2n) is 7.57. The van der Waals surface area contributed by atoms with E-state index in [0.29, 0.717) is 26.2 Å². The minimum Gasteiger partial charge on any atom is -0.484 e. The summed E-state index contributed by atoms with van der Waals surface area (Å²) >= 11 is 0. The average Bonchev–Trinajstić information content (AvgIpc) is 3.17. The number of nitrogens with zero attached hydrogens (tertiary/aromatic N) is 6. The van der Waals surface area contributed by atoms with Crippen LogP contribution in [-0.2, 0) is 4.79 Å². The fourth-order valence-electron chi connectivity index (χ4n) is 3.67. The van der Waals surface area contributed by atoms with Crippen molar-refractivity contribution in [1.82, 2.24) is 24.6 Å². The molecule has 0 aliphatic carbocycles. The van der Waals surface area contributed by atoms with Crippen molar-refractivity contribution in [2.24, 2.45) is 0 Å². The summed E-state index contributed by atoms with van der Waals surface area (Å²) in [4.78, 5) is 20.7. The van der Waals surface area contributed by atoms with Crippen molar-refractivity contribution in [1.29, 1.82) is 0 Å².